The first kappa shape index (κ1) is 18.0. The number of piperidine rings is 1. The van der Waals surface area contributed by atoms with Gasteiger partial charge in [-0.25, -0.2) is 4.98 Å². The maximum atomic E-state index is 5.97. The van der Waals surface area contributed by atoms with Gasteiger partial charge in [-0.15, -0.1) is 0 Å². The third-order valence-electron chi connectivity index (χ3n) is 4.66. The molecule has 1 N–H and O–H groups in total. The number of benzene rings is 1. The quantitative estimate of drug-likeness (QED) is 0.704. The Morgan fingerprint density at radius 2 is 2.00 bits per heavy atom. The molecular formula is C20H29N3O2. The molecule has 0 bridgehead atoms. The van der Waals surface area contributed by atoms with E-state index in [1.165, 1.54) is 12.0 Å². The van der Waals surface area contributed by atoms with E-state index in [9.17, 15) is 0 Å². The van der Waals surface area contributed by atoms with E-state index in [0.29, 0.717) is 12.7 Å². The molecule has 2 aromatic rings. The molecule has 2 heterocycles. The van der Waals surface area contributed by atoms with Crippen LogP contribution in [0, 0.1) is 0 Å². The Labute approximate surface area is 150 Å². The van der Waals surface area contributed by atoms with E-state index in [-0.39, 0.29) is 0 Å². The fraction of sp³-hybridized carbons (Fsp3) is 0.550. The van der Waals surface area contributed by atoms with Gasteiger partial charge in [-0.3, -0.25) is 4.90 Å². The third kappa shape index (κ3) is 5.87. The number of nitrogens with zero attached hydrogens (tertiary/aromatic N) is 2. The van der Waals surface area contributed by atoms with Crippen LogP contribution in [0.4, 0.5) is 0 Å². The maximum Gasteiger partial charge on any atom is 0.119 e. The van der Waals surface area contributed by atoms with Crippen molar-refractivity contribution in [1.82, 2.24) is 14.9 Å². The van der Waals surface area contributed by atoms with Gasteiger partial charge in [0.15, 0.2) is 0 Å². The summed E-state index contributed by atoms with van der Waals surface area (Å²) in [6, 6.07) is 8.54. The predicted octanol–water partition coefficient (Wildman–Crippen LogP) is 3.77. The fourth-order valence-corrected chi connectivity index (χ4v) is 3.09. The lowest BCUT2D eigenvalue weighted by Crippen LogP contribution is -2.36. The molecule has 136 valence electrons. The van der Waals surface area contributed by atoms with Gasteiger partial charge >= 0.3 is 0 Å². The monoisotopic (exact) mass is 343 g/mol. The van der Waals surface area contributed by atoms with E-state index in [1.54, 1.807) is 6.33 Å². The Morgan fingerprint density at radius 1 is 1.20 bits per heavy atom. The lowest BCUT2D eigenvalue weighted by Gasteiger charge is -2.31. The predicted molar refractivity (Wildman–Crippen MR) is 98.5 cm³/mol. The number of aromatic nitrogens is 2. The van der Waals surface area contributed by atoms with E-state index < -0.39 is 0 Å². The second kappa shape index (κ2) is 9.59. The highest BCUT2D eigenvalue weighted by atomic mass is 16.5. The minimum absolute atomic E-state index is 0.355. The molecule has 25 heavy (non-hydrogen) atoms. The molecule has 1 aromatic carbocycles. The molecule has 0 atom stereocenters. The molecule has 5 nitrogen and oxygen atoms in total. The summed E-state index contributed by atoms with van der Waals surface area (Å²) in [4.78, 5) is 9.60. The summed E-state index contributed by atoms with van der Waals surface area (Å²) in [5.74, 6) is 0.975. The number of H-pyrrole nitrogens is 1. The van der Waals surface area contributed by atoms with Crippen LogP contribution in [0.3, 0.4) is 0 Å². The molecule has 0 unspecified atom stereocenters. The van der Waals surface area contributed by atoms with Gasteiger partial charge in [-0.05, 0) is 37.0 Å². The molecule has 0 radical (unpaired) electrons. The number of imidazole rings is 1. The summed E-state index contributed by atoms with van der Waals surface area (Å²) in [5.41, 5.74) is 2.39. The average molecular weight is 343 g/mol. The van der Waals surface area contributed by atoms with Crippen LogP contribution in [0.2, 0.25) is 0 Å². The molecule has 5 heteroatoms. The van der Waals surface area contributed by atoms with Gasteiger partial charge in [-0.1, -0.05) is 25.5 Å². The van der Waals surface area contributed by atoms with Crippen LogP contribution >= 0.6 is 0 Å². The van der Waals surface area contributed by atoms with Crippen molar-refractivity contribution in [1.29, 1.82) is 0 Å². The van der Waals surface area contributed by atoms with Gasteiger partial charge in [0.1, 0.15) is 5.75 Å². The summed E-state index contributed by atoms with van der Waals surface area (Å²) in [5, 5.41) is 0. The van der Waals surface area contributed by atoms with E-state index in [4.69, 9.17) is 9.47 Å². The van der Waals surface area contributed by atoms with Gasteiger partial charge < -0.3 is 14.5 Å². The molecule has 1 fully saturated rings. The zero-order valence-corrected chi connectivity index (χ0v) is 15.1. The summed E-state index contributed by atoms with van der Waals surface area (Å²) >= 11 is 0. The van der Waals surface area contributed by atoms with E-state index in [0.717, 1.165) is 56.9 Å². The van der Waals surface area contributed by atoms with Crippen molar-refractivity contribution in [3.8, 4) is 5.75 Å². The van der Waals surface area contributed by atoms with Gasteiger partial charge in [0.2, 0.25) is 0 Å². The van der Waals surface area contributed by atoms with Crippen LogP contribution in [-0.4, -0.2) is 40.7 Å². The zero-order valence-electron chi connectivity index (χ0n) is 15.1. The molecule has 0 aliphatic carbocycles. The Bertz CT molecular complexity index is 590. The topological polar surface area (TPSA) is 50.4 Å². The largest absolute Gasteiger partial charge is 0.494 e. The molecule has 3 rings (SSSR count). The first-order chi connectivity index (χ1) is 12.3. The van der Waals surface area contributed by atoms with Crippen LogP contribution in [0.1, 0.15) is 43.9 Å². The van der Waals surface area contributed by atoms with Gasteiger partial charge in [0.25, 0.3) is 0 Å². The summed E-state index contributed by atoms with van der Waals surface area (Å²) in [6.07, 6.45) is 8.33. The van der Waals surface area contributed by atoms with Crippen molar-refractivity contribution in [3.63, 3.8) is 0 Å². The van der Waals surface area contributed by atoms with Crippen molar-refractivity contribution in [2.24, 2.45) is 0 Å². The molecule has 0 spiro atoms. The average Bonchev–Trinajstić information content (AvgIpc) is 3.16. The van der Waals surface area contributed by atoms with Crippen molar-refractivity contribution in [3.05, 3.63) is 48.0 Å². The van der Waals surface area contributed by atoms with E-state index >= 15 is 0 Å². The summed E-state index contributed by atoms with van der Waals surface area (Å²) < 4.78 is 11.7. The van der Waals surface area contributed by atoms with Crippen LogP contribution in [0.5, 0.6) is 5.75 Å². The highest BCUT2D eigenvalue weighted by Crippen LogP contribution is 2.19. The smallest absolute Gasteiger partial charge is 0.119 e. The van der Waals surface area contributed by atoms with Crippen LogP contribution in [0.15, 0.2) is 36.8 Å². The number of hydrogen-bond acceptors (Lipinski definition) is 4. The van der Waals surface area contributed by atoms with Gasteiger partial charge in [0.05, 0.1) is 37.5 Å². The van der Waals surface area contributed by atoms with Gasteiger partial charge in [0, 0.05) is 19.6 Å². The number of hydrogen-bond donors (Lipinski definition) is 1. The van der Waals surface area contributed by atoms with Crippen LogP contribution in [-0.2, 0) is 17.9 Å². The standard InChI is InChI=1S/C20H29N3O2/c1-2-3-12-24-19-6-4-17(5-7-19)14-23-10-8-20(9-11-23)25-15-18-13-21-16-22-18/h4-7,13,16,20H,2-3,8-12,14-15H2,1H3,(H,21,22). The van der Waals surface area contributed by atoms with Crippen molar-refractivity contribution < 1.29 is 9.47 Å². The number of rotatable bonds is 9. The normalized spacial score (nSPS) is 16.2. The lowest BCUT2D eigenvalue weighted by atomic mass is 10.1. The Morgan fingerprint density at radius 3 is 2.68 bits per heavy atom. The number of nitrogens with one attached hydrogen (secondary N) is 1. The molecular weight excluding hydrogens is 314 g/mol. The summed E-state index contributed by atoms with van der Waals surface area (Å²) in [7, 11) is 0. The maximum absolute atomic E-state index is 5.97. The highest BCUT2D eigenvalue weighted by molar-refractivity contribution is 5.27. The number of unbranched alkanes of at least 4 members (excludes halogenated alkanes) is 1. The van der Waals surface area contributed by atoms with E-state index in [1.807, 2.05) is 6.20 Å². The number of likely N-dealkylation sites (tertiary alicyclic amines) is 1. The SMILES string of the molecule is CCCCOc1ccc(CN2CCC(OCc3cnc[nH]3)CC2)cc1. The molecule has 0 amide bonds. The van der Waals surface area contributed by atoms with Crippen LogP contribution in [0.25, 0.3) is 0 Å². The van der Waals surface area contributed by atoms with Crippen LogP contribution < -0.4 is 4.74 Å². The van der Waals surface area contributed by atoms with E-state index in [2.05, 4.69) is 46.1 Å². The van der Waals surface area contributed by atoms with Crippen molar-refractivity contribution in [2.45, 2.75) is 51.9 Å². The van der Waals surface area contributed by atoms with Crippen molar-refractivity contribution in [2.75, 3.05) is 19.7 Å². The Kier molecular flexibility index (Phi) is 6.89. The van der Waals surface area contributed by atoms with Gasteiger partial charge in [-0.2, -0.15) is 0 Å². The first-order valence-corrected chi connectivity index (χ1v) is 9.36. The first-order valence-electron chi connectivity index (χ1n) is 9.36. The lowest BCUT2D eigenvalue weighted by molar-refractivity contribution is -0.00511. The minimum atomic E-state index is 0.355. The molecule has 1 saturated heterocycles. The minimum Gasteiger partial charge on any atom is -0.494 e. The zero-order chi connectivity index (χ0) is 17.3. The fourth-order valence-electron chi connectivity index (χ4n) is 3.09. The summed E-state index contributed by atoms with van der Waals surface area (Å²) in [6.45, 7) is 6.79. The molecule has 0 saturated carbocycles. The Hall–Kier alpha value is -1.85. The third-order valence-corrected chi connectivity index (χ3v) is 4.66. The Balaban J connectivity index is 1.36. The molecule has 1 aromatic heterocycles. The second-order valence-corrected chi connectivity index (χ2v) is 6.71. The second-order valence-electron chi connectivity index (χ2n) is 6.71. The number of ether oxygens (including phenoxy) is 2. The molecule has 1 aliphatic rings. The molecule has 1 aliphatic heterocycles. The highest BCUT2D eigenvalue weighted by Gasteiger charge is 2.19. The number of aromatic amines is 1. The van der Waals surface area contributed by atoms with Crippen molar-refractivity contribution >= 4 is 0 Å².